The van der Waals surface area contributed by atoms with Crippen LogP contribution in [0.15, 0.2) is 30.3 Å². The van der Waals surface area contributed by atoms with E-state index in [0.29, 0.717) is 18.7 Å². The molecule has 0 aromatic heterocycles. The maximum atomic E-state index is 12.1. The molecular formula is C13H15NO3. The maximum absolute atomic E-state index is 12.1. The fraction of sp³-hybridized carbons (Fsp3) is 0.385. The van der Waals surface area contributed by atoms with Gasteiger partial charge in [0.25, 0.3) is 0 Å². The second-order valence-electron chi connectivity index (χ2n) is 4.21. The lowest BCUT2D eigenvalue weighted by Gasteiger charge is -2.20. The van der Waals surface area contributed by atoms with Gasteiger partial charge in [-0.05, 0) is 18.4 Å². The molecule has 0 spiro atoms. The predicted octanol–water partition coefficient (Wildman–Crippen LogP) is 1.48. The summed E-state index contributed by atoms with van der Waals surface area (Å²) in [5.41, 5.74) is 0.553. The van der Waals surface area contributed by atoms with E-state index in [1.54, 1.807) is 29.2 Å². The molecule has 1 aliphatic rings. The molecule has 17 heavy (non-hydrogen) atoms. The van der Waals surface area contributed by atoms with E-state index >= 15 is 0 Å². The molecule has 90 valence electrons. The van der Waals surface area contributed by atoms with Gasteiger partial charge in [0.15, 0.2) is 5.92 Å². The zero-order chi connectivity index (χ0) is 12.3. The number of rotatable bonds is 3. The Labute approximate surface area is 99.9 Å². The zero-order valence-electron chi connectivity index (χ0n) is 9.50. The molecule has 4 nitrogen and oxygen atoms in total. The van der Waals surface area contributed by atoms with Gasteiger partial charge in [0.05, 0.1) is 0 Å². The second kappa shape index (κ2) is 4.99. The van der Waals surface area contributed by atoms with Crippen LogP contribution >= 0.6 is 0 Å². The molecule has 1 aromatic carbocycles. The second-order valence-corrected chi connectivity index (χ2v) is 4.21. The Balaban J connectivity index is 2.23. The van der Waals surface area contributed by atoms with Crippen molar-refractivity contribution in [3.05, 3.63) is 35.9 Å². The first-order valence-corrected chi connectivity index (χ1v) is 5.76. The van der Waals surface area contributed by atoms with E-state index in [-0.39, 0.29) is 5.91 Å². The monoisotopic (exact) mass is 233 g/mol. The van der Waals surface area contributed by atoms with Gasteiger partial charge in [0.1, 0.15) is 0 Å². The quantitative estimate of drug-likeness (QED) is 0.804. The SMILES string of the molecule is O=C(O)C(C(=O)N1CCCC1)c1ccccc1. The number of aliphatic carboxylic acids is 1. The van der Waals surface area contributed by atoms with Crippen molar-refractivity contribution in [2.24, 2.45) is 0 Å². The van der Waals surface area contributed by atoms with E-state index in [0.717, 1.165) is 12.8 Å². The van der Waals surface area contributed by atoms with Crippen LogP contribution in [0.1, 0.15) is 24.3 Å². The number of carboxylic acids is 1. The van der Waals surface area contributed by atoms with E-state index in [2.05, 4.69) is 0 Å². The van der Waals surface area contributed by atoms with Gasteiger partial charge in [0, 0.05) is 13.1 Å². The maximum Gasteiger partial charge on any atom is 0.320 e. The zero-order valence-corrected chi connectivity index (χ0v) is 9.50. The lowest BCUT2D eigenvalue weighted by atomic mass is 9.98. The highest BCUT2D eigenvalue weighted by Gasteiger charge is 2.32. The summed E-state index contributed by atoms with van der Waals surface area (Å²) in [6.45, 7) is 1.35. The minimum Gasteiger partial charge on any atom is -0.480 e. The summed E-state index contributed by atoms with van der Waals surface area (Å²) in [6, 6.07) is 8.69. The van der Waals surface area contributed by atoms with Gasteiger partial charge < -0.3 is 10.0 Å². The molecule has 0 aliphatic carbocycles. The van der Waals surface area contributed by atoms with Crippen LogP contribution in [0.25, 0.3) is 0 Å². The summed E-state index contributed by atoms with van der Waals surface area (Å²) in [5, 5.41) is 9.21. The number of carboxylic acid groups (broad SMARTS) is 1. The third-order valence-electron chi connectivity index (χ3n) is 3.04. The summed E-state index contributed by atoms with van der Waals surface area (Å²) >= 11 is 0. The summed E-state index contributed by atoms with van der Waals surface area (Å²) in [7, 11) is 0. The molecule has 1 amide bonds. The van der Waals surface area contributed by atoms with Crippen LogP contribution < -0.4 is 0 Å². The van der Waals surface area contributed by atoms with Crippen LogP contribution in [-0.4, -0.2) is 35.0 Å². The number of hydrogen-bond donors (Lipinski definition) is 1. The van der Waals surface area contributed by atoms with Crippen LogP contribution in [-0.2, 0) is 9.59 Å². The third-order valence-corrected chi connectivity index (χ3v) is 3.04. The number of carbonyl (C=O) groups excluding carboxylic acids is 1. The molecule has 0 saturated carbocycles. The van der Waals surface area contributed by atoms with Crippen molar-refractivity contribution in [3.8, 4) is 0 Å². The summed E-state index contributed by atoms with van der Waals surface area (Å²) in [4.78, 5) is 25.0. The lowest BCUT2D eigenvalue weighted by Crippen LogP contribution is -2.36. The predicted molar refractivity (Wildman–Crippen MR) is 62.6 cm³/mol. The van der Waals surface area contributed by atoms with Gasteiger partial charge in [-0.1, -0.05) is 30.3 Å². The van der Waals surface area contributed by atoms with Gasteiger partial charge in [-0.3, -0.25) is 9.59 Å². The number of carbonyl (C=O) groups is 2. The Kier molecular flexibility index (Phi) is 3.42. The number of hydrogen-bond acceptors (Lipinski definition) is 2. The molecular weight excluding hydrogens is 218 g/mol. The van der Waals surface area contributed by atoms with Crippen LogP contribution in [0, 0.1) is 0 Å². The molecule has 1 heterocycles. The number of benzene rings is 1. The Hall–Kier alpha value is -1.84. The third kappa shape index (κ3) is 2.46. The first-order chi connectivity index (χ1) is 8.20. The Morgan fingerprint density at radius 3 is 2.24 bits per heavy atom. The Morgan fingerprint density at radius 1 is 1.12 bits per heavy atom. The number of nitrogens with zero attached hydrogens (tertiary/aromatic N) is 1. The molecule has 1 atom stereocenters. The average Bonchev–Trinajstić information content (AvgIpc) is 2.83. The molecule has 4 heteroatoms. The highest BCUT2D eigenvalue weighted by Crippen LogP contribution is 2.21. The molecule has 1 aromatic rings. The van der Waals surface area contributed by atoms with Crippen LogP contribution in [0.2, 0.25) is 0 Å². The fourth-order valence-electron chi connectivity index (χ4n) is 2.16. The molecule has 1 saturated heterocycles. The molecule has 1 aliphatic heterocycles. The van der Waals surface area contributed by atoms with Crippen molar-refractivity contribution < 1.29 is 14.7 Å². The number of amides is 1. The first kappa shape index (κ1) is 11.6. The largest absolute Gasteiger partial charge is 0.480 e. The summed E-state index contributed by atoms with van der Waals surface area (Å²) < 4.78 is 0. The summed E-state index contributed by atoms with van der Waals surface area (Å²) in [5.74, 6) is -2.43. The Morgan fingerprint density at radius 2 is 1.71 bits per heavy atom. The average molecular weight is 233 g/mol. The van der Waals surface area contributed by atoms with Gasteiger partial charge in [-0.2, -0.15) is 0 Å². The van der Waals surface area contributed by atoms with Crippen molar-refractivity contribution in [2.45, 2.75) is 18.8 Å². The lowest BCUT2D eigenvalue weighted by molar-refractivity contribution is -0.146. The minimum absolute atomic E-state index is 0.291. The minimum atomic E-state index is -1.08. The van der Waals surface area contributed by atoms with Crippen LogP contribution in [0.4, 0.5) is 0 Å². The molecule has 0 bridgehead atoms. The fourth-order valence-corrected chi connectivity index (χ4v) is 2.16. The summed E-state index contributed by atoms with van der Waals surface area (Å²) in [6.07, 6.45) is 1.93. The number of likely N-dealkylation sites (tertiary alicyclic amines) is 1. The van der Waals surface area contributed by atoms with E-state index in [9.17, 15) is 14.7 Å². The molecule has 2 rings (SSSR count). The van der Waals surface area contributed by atoms with Crippen molar-refractivity contribution in [1.82, 2.24) is 4.90 Å². The Bertz CT molecular complexity index is 410. The smallest absolute Gasteiger partial charge is 0.320 e. The normalized spacial score (nSPS) is 16.8. The van der Waals surface area contributed by atoms with Crippen molar-refractivity contribution >= 4 is 11.9 Å². The van der Waals surface area contributed by atoms with Gasteiger partial charge in [-0.25, -0.2) is 0 Å². The molecule has 1 unspecified atom stereocenters. The standard InChI is InChI=1S/C13H15NO3/c15-12(14-8-4-5-9-14)11(13(16)17)10-6-2-1-3-7-10/h1-3,6-7,11H,4-5,8-9H2,(H,16,17). The van der Waals surface area contributed by atoms with Gasteiger partial charge >= 0.3 is 5.97 Å². The van der Waals surface area contributed by atoms with Crippen molar-refractivity contribution in [1.29, 1.82) is 0 Å². The highest BCUT2D eigenvalue weighted by atomic mass is 16.4. The van der Waals surface area contributed by atoms with Crippen LogP contribution in [0.5, 0.6) is 0 Å². The van der Waals surface area contributed by atoms with Crippen LogP contribution in [0.3, 0.4) is 0 Å². The van der Waals surface area contributed by atoms with E-state index < -0.39 is 11.9 Å². The van der Waals surface area contributed by atoms with Gasteiger partial charge in [0.2, 0.25) is 5.91 Å². The van der Waals surface area contributed by atoms with Crippen molar-refractivity contribution in [2.75, 3.05) is 13.1 Å². The van der Waals surface area contributed by atoms with E-state index in [1.807, 2.05) is 6.07 Å². The first-order valence-electron chi connectivity index (χ1n) is 5.76. The van der Waals surface area contributed by atoms with Crippen molar-refractivity contribution in [3.63, 3.8) is 0 Å². The highest BCUT2D eigenvalue weighted by molar-refractivity contribution is 6.02. The van der Waals surface area contributed by atoms with E-state index in [4.69, 9.17) is 0 Å². The molecule has 1 N–H and O–H groups in total. The molecule has 0 radical (unpaired) electrons. The van der Waals surface area contributed by atoms with E-state index in [1.165, 1.54) is 0 Å². The topological polar surface area (TPSA) is 57.6 Å². The molecule has 1 fully saturated rings. The van der Waals surface area contributed by atoms with Gasteiger partial charge in [-0.15, -0.1) is 0 Å².